The van der Waals surface area contributed by atoms with Gasteiger partial charge in [-0.15, -0.1) is 0 Å². The van der Waals surface area contributed by atoms with E-state index in [0.29, 0.717) is 6.54 Å². The zero-order valence-electron chi connectivity index (χ0n) is 8.56. The van der Waals surface area contributed by atoms with Gasteiger partial charge in [-0.3, -0.25) is 0 Å². The van der Waals surface area contributed by atoms with Crippen LogP contribution in [0.2, 0.25) is 0 Å². The quantitative estimate of drug-likeness (QED) is 0.711. The summed E-state index contributed by atoms with van der Waals surface area (Å²) in [5, 5.41) is 11.6. The predicted octanol–water partition coefficient (Wildman–Crippen LogP) is 0.337. The van der Waals surface area contributed by atoms with Crippen molar-refractivity contribution in [1.29, 1.82) is 0 Å². The minimum atomic E-state index is 0.100. The third-order valence-electron chi connectivity index (χ3n) is 1.94. The van der Waals surface area contributed by atoms with Crippen LogP contribution in [0, 0.1) is 0 Å². The molecule has 1 heterocycles. The lowest BCUT2D eigenvalue weighted by atomic mass is 10.4. The summed E-state index contributed by atoms with van der Waals surface area (Å²) in [5.74, 6) is 1.62. The van der Waals surface area contributed by atoms with Crippen LogP contribution in [0.3, 0.4) is 0 Å². The third-order valence-corrected chi connectivity index (χ3v) is 1.94. The lowest BCUT2D eigenvalue weighted by Crippen LogP contribution is -2.18. The standard InChI is InChI=1S/C9H16N4O/c1-3-13(2)9-6-8(10-4-5-14)11-7-12-9/h6-7,14H,3-5H2,1-2H3,(H,10,11,12). The Balaban J connectivity index is 2.68. The summed E-state index contributed by atoms with van der Waals surface area (Å²) in [6.07, 6.45) is 1.52. The van der Waals surface area contributed by atoms with Gasteiger partial charge in [0.2, 0.25) is 0 Å². The summed E-state index contributed by atoms with van der Waals surface area (Å²) in [4.78, 5) is 10.2. The average Bonchev–Trinajstić information content (AvgIpc) is 2.25. The second kappa shape index (κ2) is 5.39. The van der Waals surface area contributed by atoms with E-state index in [1.54, 1.807) is 0 Å². The van der Waals surface area contributed by atoms with Crippen molar-refractivity contribution >= 4 is 11.6 Å². The Morgan fingerprint density at radius 1 is 1.50 bits per heavy atom. The molecule has 0 saturated carbocycles. The fourth-order valence-corrected chi connectivity index (χ4v) is 0.998. The van der Waals surface area contributed by atoms with Crippen LogP contribution in [-0.2, 0) is 0 Å². The number of aliphatic hydroxyl groups is 1. The summed E-state index contributed by atoms with van der Waals surface area (Å²) >= 11 is 0. The maximum absolute atomic E-state index is 8.64. The van der Waals surface area contributed by atoms with Gasteiger partial charge in [-0.05, 0) is 6.92 Å². The maximum Gasteiger partial charge on any atom is 0.133 e. The van der Waals surface area contributed by atoms with E-state index in [1.807, 2.05) is 18.0 Å². The number of nitrogens with zero attached hydrogens (tertiary/aromatic N) is 3. The van der Waals surface area contributed by atoms with E-state index in [9.17, 15) is 0 Å². The minimum Gasteiger partial charge on any atom is -0.395 e. The fraction of sp³-hybridized carbons (Fsp3) is 0.556. The van der Waals surface area contributed by atoms with Crippen molar-refractivity contribution in [3.63, 3.8) is 0 Å². The summed E-state index contributed by atoms with van der Waals surface area (Å²) in [6, 6.07) is 1.86. The van der Waals surface area contributed by atoms with Crippen LogP contribution in [0.5, 0.6) is 0 Å². The topological polar surface area (TPSA) is 61.3 Å². The molecule has 0 unspecified atom stereocenters. The highest BCUT2D eigenvalue weighted by atomic mass is 16.3. The molecule has 14 heavy (non-hydrogen) atoms. The van der Waals surface area contributed by atoms with Crippen LogP contribution in [0.1, 0.15) is 6.92 Å². The van der Waals surface area contributed by atoms with E-state index in [4.69, 9.17) is 5.11 Å². The highest BCUT2D eigenvalue weighted by molar-refractivity contribution is 5.47. The van der Waals surface area contributed by atoms with Crippen LogP contribution in [0.25, 0.3) is 0 Å². The Morgan fingerprint density at radius 3 is 2.93 bits per heavy atom. The van der Waals surface area contributed by atoms with E-state index in [1.165, 1.54) is 6.33 Å². The second-order valence-corrected chi connectivity index (χ2v) is 2.93. The van der Waals surface area contributed by atoms with E-state index in [-0.39, 0.29) is 6.61 Å². The van der Waals surface area contributed by atoms with E-state index in [0.717, 1.165) is 18.2 Å². The first-order chi connectivity index (χ1) is 6.77. The Morgan fingerprint density at radius 2 is 2.29 bits per heavy atom. The molecule has 0 aliphatic rings. The van der Waals surface area contributed by atoms with Crippen molar-refractivity contribution in [2.75, 3.05) is 37.0 Å². The van der Waals surface area contributed by atoms with Crippen molar-refractivity contribution in [2.24, 2.45) is 0 Å². The molecule has 0 bridgehead atoms. The third kappa shape index (κ3) is 2.85. The van der Waals surface area contributed by atoms with Gasteiger partial charge in [-0.1, -0.05) is 0 Å². The number of anilines is 2. The van der Waals surface area contributed by atoms with Gasteiger partial charge in [0.05, 0.1) is 6.61 Å². The molecule has 5 nitrogen and oxygen atoms in total. The Bertz CT molecular complexity index is 279. The average molecular weight is 196 g/mol. The smallest absolute Gasteiger partial charge is 0.133 e. The van der Waals surface area contributed by atoms with E-state index >= 15 is 0 Å². The van der Waals surface area contributed by atoms with Gasteiger partial charge in [0.1, 0.15) is 18.0 Å². The maximum atomic E-state index is 8.64. The molecule has 5 heteroatoms. The monoisotopic (exact) mass is 196 g/mol. The molecule has 2 N–H and O–H groups in total. The van der Waals surface area contributed by atoms with Crippen molar-refractivity contribution in [1.82, 2.24) is 9.97 Å². The molecule has 0 saturated heterocycles. The summed E-state index contributed by atoms with van der Waals surface area (Å²) < 4.78 is 0. The predicted molar refractivity (Wildman–Crippen MR) is 56.6 cm³/mol. The van der Waals surface area contributed by atoms with E-state index < -0.39 is 0 Å². The molecule has 0 aliphatic carbocycles. The van der Waals surface area contributed by atoms with Gasteiger partial charge < -0.3 is 15.3 Å². The molecule has 0 aliphatic heterocycles. The lowest BCUT2D eigenvalue weighted by molar-refractivity contribution is 0.311. The zero-order valence-corrected chi connectivity index (χ0v) is 8.56. The summed E-state index contributed by atoms with van der Waals surface area (Å²) in [5.41, 5.74) is 0. The summed E-state index contributed by atoms with van der Waals surface area (Å²) in [7, 11) is 1.97. The van der Waals surface area contributed by atoms with Gasteiger partial charge in [0.15, 0.2) is 0 Å². The first-order valence-corrected chi connectivity index (χ1v) is 4.65. The number of nitrogens with one attached hydrogen (secondary N) is 1. The van der Waals surface area contributed by atoms with Gasteiger partial charge in [-0.25, -0.2) is 9.97 Å². The largest absolute Gasteiger partial charge is 0.395 e. The van der Waals surface area contributed by atoms with E-state index in [2.05, 4.69) is 22.2 Å². The number of hydrogen-bond acceptors (Lipinski definition) is 5. The Kier molecular flexibility index (Phi) is 4.12. The van der Waals surface area contributed by atoms with Crippen LogP contribution >= 0.6 is 0 Å². The first-order valence-electron chi connectivity index (χ1n) is 4.65. The SMILES string of the molecule is CCN(C)c1cc(NCCO)ncn1. The van der Waals surface area contributed by atoms with Crippen molar-refractivity contribution in [3.05, 3.63) is 12.4 Å². The molecule has 0 aromatic carbocycles. The molecule has 0 radical (unpaired) electrons. The normalized spacial score (nSPS) is 9.93. The van der Waals surface area contributed by atoms with Gasteiger partial charge >= 0.3 is 0 Å². The highest BCUT2D eigenvalue weighted by Crippen LogP contribution is 2.11. The Labute approximate surface area is 83.8 Å². The first kappa shape index (κ1) is 10.7. The highest BCUT2D eigenvalue weighted by Gasteiger charge is 2.01. The number of aliphatic hydroxyl groups excluding tert-OH is 1. The zero-order chi connectivity index (χ0) is 10.4. The summed E-state index contributed by atoms with van der Waals surface area (Å²) in [6.45, 7) is 3.56. The molecule has 1 aromatic heterocycles. The molecule has 0 amide bonds. The van der Waals surface area contributed by atoms with Crippen LogP contribution in [0.4, 0.5) is 11.6 Å². The molecule has 1 aromatic rings. The van der Waals surface area contributed by atoms with Crippen molar-refractivity contribution in [3.8, 4) is 0 Å². The van der Waals surface area contributed by atoms with Gasteiger partial charge in [0, 0.05) is 26.2 Å². The van der Waals surface area contributed by atoms with Gasteiger partial charge in [-0.2, -0.15) is 0 Å². The minimum absolute atomic E-state index is 0.100. The molecule has 1 rings (SSSR count). The molecule has 0 atom stereocenters. The number of aromatic nitrogens is 2. The molecule has 78 valence electrons. The van der Waals surface area contributed by atoms with Crippen molar-refractivity contribution < 1.29 is 5.11 Å². The second-order valence-electron chi connectivity index (χ2n) is 2.93. The molecule has 0 spiro atoms. The van der Waals surface area contributed by atoms with Crippen LogP contribution < -0.4 is 10.2 Å². The number of hydrogen-bond donors (Lipinski definition) is 2. The van der Waals surface area contributed by atoms with Crippen LogP contribution in [0.15, 0.2) is 12.4 Å². The van der Waals surface area contributed by atoms with Gasteiger partial charge in [0.25, 0.3) is 0 Å². The van der Waals surface area contributed by atoms with Crippen molar-refractivity contribution in [2.45, 2.75) is 6.92 Å². The number of rotatable bonds is 5. The fourth-order valence-electron chi connectivity index (χ4n) is 0.998. The molecular formula is C9H16N4O. The molecule has 0 fully saturated rings. The van der Waals surface area contributed by atoms with Crippen LogP contribution in [-0.4, -0.2) is 41.8 Å². The molecular weight excluding hydrogens is 180 g/mol. The Hall–Kier alpha value is -1.36. The lowest BCUT2D eigenvalue weighted by Gasteiger charge is -2.15.